The van der Waals surface area contributed by atoms with Crippen LogP contribution in [0.15, 0.2) is 97.1 Å². The lowest BCUT2D eigenvalue weighted by atomic mass is 10.1. The van der Waals surface area contributed by atoms with Gasteiger partial charge in [0.1, 0.15) is 5.82 Å². The van der Waals surface area contributed by atoms with E-state index in [0.29, 0.717) is 51.5 Å². The van der Waals surface area contributed by atoms with E-state index in [0.717, 1.165) is 11.3 Å². The van der Waals surface area contributed by atoms with E-state index < -0.39 is 0 Å². The molecule has 0 aliphatic rings. The molecule has 236 valence electrons. The Balaban J connectivity index is 1.27. The summed E-state index contributed by atoms with van der Waals surface area (Å²) in [5.74, 6) is 1.96. The number of halogens is 1. The number of nitrogens with two attached hydrogens (primary N) is 1. The lowest BCUT2D eigenvalue weighted by Crippen LogP contribution is -2.07. The Kier molecular flexibility index (Phi) is 8.86. The highest BCUT2D eigenvalue weighted by Gasteiger charge is 2.16. The highest BCUT2D eigenvalue weighted by molar-refractivity contribution is 5.74. The monoisotopic (exact) mass is 631 g/mol. The van der Waals surface area contributed by atoms with Crippen LogP contribution in [0.25, 0.3) is 22.5 Å². The van der Waals surface area contributed by atoms with E-state index >= 15 is 0 Å². The smallest absolute Gasteiger partial charge is 0.233 e. The lowest BCUT2D eigenvalue weighted by molar-refractivity contribution is 0.324. The second-order valence-corrected chi connectivity index (χ2v) is 10.0. The van der Waals surface area contributed by atoms with E-state index in [1.165, 1.54) is 12.1 Å². The van der Waals surface area contributed by atoms with Gasteiger partial charge in [0.15, 0.2) is 11.5 Å². The fraction of sp³-hybridized carbons (Fsp3) is 0.0882. The highest BCUT2D eigenvalue weighted by Crippen LogP contribution is 2.41. The van der Waals surface area contributed by atoms with Gasteiger partial charge in [-0.1, -0.05) is 36.4 Å². The Labute approximate surface area is 269 Å². The first-order valence-electron chi connectivity index (χ1n) is 14.3. The van der Waals surface area contributed by atoms with Crippen LogP contribution in [0, 0.1) is 5.82 Å². The minimum absolute atomic E-state index is 0.107. The van der Waals surface area contributed by atoms with Gasteiger partial charge >= 0.3 is 0 Å². The number of rotatable bonds is 11. The fourth-order valence-electron chi connectivity index (χ4n) is 4.73. The number of ether oxygens (including phenoxy) is 3. The van der Waals surface area contributed by atoms with Gasteiger partial charge in [-0.25, -0.2) is 14.4 Å². The molecule has 0 spiro atoms. The number of nitrogens with one attached hydrogen (secondary N) is 3. The van der Waals surface area contributed by atoms with E-state index in [1.807, 2.05) is 60.7 Å². The van der Waals surface area contributed by atoms with Crippen LogP contribution in [0.4, 0.5) is 45.2 Å². The summed E-state index contributed by atoms with van der Waals surface area (Å²) < 4.78 is 30.3. The average molecular weight is 632 g/mol. The molecule has 0 radical (unpaired) electrons. The first kappa shape index (κ1) is 30.5. The predicted octanol–water partition coefficient (Wildman–Crippen LogP) is 6.97. The Bertz CT molecular complexity index is 1990. The van der Waals surface area contributed by atoms with Crippen molar-refractivity contribution in [1.29, 1.82) is 0 Å². The Morgan fingerprint density at radius 3 is 1.62 bits per heavy atom. The molecule has 47 heavy (non-hydrogen) atoms. The molecule has 0 fully saturated rings. The molecule has 0 saturated heterocycles. The molecule has 6 rings (SSSR count). The van der Waals surface area contributed by atoms with Crippen molar-refractivity contribution in [2.24, 2.45) is 0 Å². The molecule has 4 aromatic carbocycles. The molecule has 0 atom stereocenters. The van der Waals surface area contributed by atoms with Crippen molar-refractivity contribution in [1.82, 2.24) is 24.9 Å². The maximum absolute atomic E-state index is 13.8. The zero-order valence-corrected chi connectivity index (χ0v) is 25.7. The Hall–Kier alpha value is -6.50. The molecule has 13 heteroatoms. The van der Waals surface area contributed by atoms with Crippen molar-refractivity contribution >= 4 is 40.9 Å². The zero-order valence-electron chi connectivity index (χ0n) is 25.7. The third kappa shape index (κ3) is 7.26. The lowest BCUT2D eigenvalue weighted by Gasteiger charge is -2.14. The Morgan fingerprint density at radius 1 is 0.532 bits per heavy atom. The zero-order chi connectivity index (χ0) is 32.8. The maximum Gasteiger partial charge on any atom is 0.233 e. The molecule has 0 aliphatic heterocycles. The van der Waals surface area contributed by atoms with Crippen LogP contribution < -0.4 is 35.9 Å². The summed E-state index contributed by atoms with van der Waals surface area (Å²) in [6, 6.07) is 28.5. The van der Waals surface area contributed by atoms with Crippen LogP contribution in [0.3, 0.4) is 0 Å². The van der Waals surface area contributed by atoms with Crippen LogP contribution >= 0.6 is 0 Å². The normalized spacial score (nSPS) is 10.6. The largest absolute Gasteiger partial charge is 0.493 e. The van der Waals surface area contributed by atoms with Gasteiger partial charge in [-0.15, -0.1) is 0 Å². The summed E-state index contributed by atoms with van der Waals surface area (Å²) in [6.45, 7) is 0. The van der Waals surface area contributed by atoms with Crippen molar-refractivity contribution in [2.75, 3.05) is 43.0 Å². The molecule has 6 aromatic rings. The van der Waals surface area contributed by atoms with E-state index in [2.05, 4.69) is 40.9 Å². The molecule has 0 unspecified atom stereocenters. The van der Waals surface area contributed by atoms with Gasteiger partial charge in [-0.3, -0.25) is 0 Å². The molecular formula is C34H30FN9O3. The molecule has 0 aliphatic carbocycles. The second-order valence-electron chi connectivity index (χ2n) is 10.0. The number of anilines is 7. The predicted molar refractivity (Wildman–Crippen MR) is 179 cm³/mol. The molecule has 0 saturated carbocycles. The van der Waals surface area contributed by atoms with Crippen molar-refractivity contribution < 1.29 is 18.6 Å². The van der Waals surface area contributed by atoms with E-state index in [9.17, 15) is 4.39 Å². The van der Waals surface area contributed by atoms with Crippen LogP contribution in [0.5, 0.6) is 17.2 Å². The molecule has 5 N–H and O–H groups in total. The standard InChI is InChI=1S/C34H30FN9O3/c1-45-28-16-21(17-29(46-2)30(28)47-3)27-19-26(40-31(36)41-27)20-12-14-24(15-13-20)38-33-42-32(37-23-9-5-4-6-10-23)43-34(44-33)39-25-11-7-8-22(35)18-25/h4-19H,1-3H3,(H2,36,40,41)(H3,37,38,39,42,43,44). The number of hydrogen-bond donors (Lipinski definition) is 4. The second kappa shape index (κ2) is 13.6. The van der Waals surface area contributed by atoms with Crippen LogP contribution in [0.2, 0.25) is 0 Å². The van der Waals surface area contributed by atoms with E-state index in [-0.39, 0.29) is 23.7 Å². The molecule has 0 amide bonds. The SMILES string of the molecule is COc1cc(-c2cc(-c3ccc(Nc4nc(Nc5ccccc5)nc(Nc5cccc(F)c5)n4)cc3)nc(N)n2)cc(OC)c1OC. The van der Waals surface area contributed by atoms with Gasteiger partial charge in [0.2, 0.25) is 29.5 Å². The summed E-state index contributed by atoms with van der Waals surface area (Å²) in [6.07, 6.45) is 0. The quantitative estimate of drug-likeness (QED) is 0.117. The van der Waals surface area contributed by atoms with Crippen molar-refractivity contribution in [2.45, 2.75) is 0 Å². The van der Waals surface area contributed by atoms with Crippen LogP contribution in [-0.2, 0) is 0 Å². The Morgan fingerprint density at radius 2 is 1.06 bits per heavy atom. The minimum Gasteiger partial charge on any atom is -0.493 e. The number of hydrogen-bond acceptors (Lipinski definition) is 12. The summed E-state index contributed by atoms with van der Waals surface area (Å²) >= 11 is 0. The first-order chi connectivity index (χ1) is 22.9. The van der Waals surface area contributed by atoms with Gasteiger partial charge < -0.3 is 35.9 Å². The molecule has 12 nitrogen and oxygen atoms in total. The summed E-state index contributed by atoms with van der Waals surface area (Å²) in [7, 11) is 4.65. The highest BCUT2D eigenvalue weighted by atomic mass is 19.1. The van der Waals surface area contributed by atoms with Crippen LogP contribution in [0.1, 0.15) is 0 Å². The number of para-hydroxylation sites is 1. The topological polar surface area (TPSA) is 154 Å². The summed E-state index contributed by atoms with van der Waals surface area (Å²) in [4.78, 5) is 22.4. The number of nitrogens with zero attached hydrogens (tertiary/aromatic N) is 5. The van der Waals surface area contributed by atoms with Gasteiger partial charge in [0, 0.05) is 28.2 Å². The summed E-state index contributed by atoms with van der Waals surface area (Å²) in [5.41, 5.74) is 10.8. The number of methoxy groups -OCH3 is 3. The fourth-order valence-corrected chi connectivity index (χ4v) is 4.73. The van der Waals surface area contributed by atoms with Gasteiger partial charge in [-0.2, -0.15) is 15.0 Å². The van der Waals surface area contributed by atoms with Crippen LogP contribution in [-0.4, -0.2) is 46.2 Å². The van der Waals surface area contributed by atoms with Gasteiger partial charge in [0.05, 0.1) is 32.7 Å². The van der Waals surface area contributed by atoms with E-state index in [1.54, 1.807) is 45.6 Å². The molecule has 0 bridgehead atoms. The first-order valence-corrected chi connectivity index (χ1v) is 14.3. The third-order valence-corrected chi connectivity index (χ3v) is 6.89. The third-order valence-electron chi connectivity index (χ3n) is 6.89. The van der Waals surface area contributed by atoms with Gasteiger partial charge in [-0.05, 0) is 60.7 Å². The maximum atomic E-state index is 13.8. The number of aromatic nitrogens is 5. The van der Waals surface area contributed by atoms with Crippen molar-refractivity contribution in [3.63, 3.8) is 0 Å². The minimum atomic E-state index is -0.383. The van der Waals surface area contributed by atoms with Gasteiger partial charge in [0.25, 0.3) is 0 Å². The number of nitrogen functional groups attached to an aromatic ring is 1. The molecule has 2 aromatic heterocycles. The summed E-state index contributed by atoms with van der Waals surface area (Å²) in [5, 5.41) is 9.44. The van der Waals surface area contributed by atoms with Crippen molar-refractivity contribution in [3.8, 4) is 39.8 Å². The number of benzene rings is 4. The molecular weight excluding hydrogens is 601 g/mol. The van der Waals surface area contributed by atoms with Crippen molar-refractivity contribution in [3.05, 3.63) is 103 Å². The average Bonchev–Trinajstić information content (AvgIpc) is 3.08. The van der Waals surface area contributed by atoms with E-state index in [4.69, 9.17) is 19.9 Å². The molecule has 2 heterocycles.